The van der Waals surface area contributed by atoms with E-state index >= 15 is 0 Å². The van der Waals surface area contributed by atoms with Crippen molar-refractivity contribution in [3.8, 4) is 17.2 Å². The van der Waals surface area contributed by atoms with Crippen LogP contribution in [0.15, 0.2) is 53.6 Å². The van der Waals surface area contributed by atoms with Crippen LogP contribution in [-0.2, 0) is 11.0 Å². The number of benzene rings is 2. The molecule has 0 aromatic heterocycles. The zero-order valence-corrected chi connectivity index (χ0v) is 15.0. The van der Waals surface area contributed by atoms with Crippen LogP contribution in [0.4, 0.5) is 13.2 Å². The van der Waals surface area contributed by atoms with E-state index in [1.165, 1.54) is 12.1 Å². The molecule has 0 heterocycles. The first-order chi connectivity index (χ1) is 12.6. The molecule has 8 heteroatoms. The van der Waals surface area contributed by atoms with E-state index in [0.29, 0.717) is 17.2 Å². The first-order valence-corrected chi connectivity index (χ1v) is 8.08. The Hall–Kier alpha value is -3.03. The van der Waals surface area contributed by atoms with Crippen LogP contribution in [0.1, 0.15) is 26.3 Å². The molecule has 0 aliphatic heterocycles. The second kappa shape index (κ2) is 8.57. The minimum absolute atomic E-state index is 0.275. The van der Waals surface area contributed by atoms with Crippen molar-refractivity contribution < 1.29 is 27.4 Å². The summed E-state index contributed by atoms with van der Waals surface area (Å²) in [5, 5.41) is 3.82. The maximum absolute atomic E-state index is 12.5. The fourth-order valence-electron chi connectivity index (χ4n) is 1.95. The molecule has 0 spiro atoms. The molecule has 1 N–H and O–H groups in total. The van der Waals surface area contributed by atoms with Crippen molar-refractivity contribution in [2.24, 2.45) is 5.10 Å². The molecule has 0 radical (unpaired) electrons. The second-order valence-corrected chi connectivity index (χ2v) is 5.89. The first kappa shape index (κ1) is 20.3. The third-order valence-electron chi connectivity index (χ3n) is 3.31. The van der Waals surface area contributed by atoms with Crippen LogP contribution in [0, 0.1) is 0 Å². The van der Waals surface area contributed by atoms with Crippen molar-refractivity contribution in [3.63, 3.8) is 0 Å². The molecule has 2 rings (SSSR count). The third kappa shape index (κ3) is 6.32. The number of amides is 1. The van der Waals surface area contributed by atoms with Crippen molar-refractivity contribution in [1.82, 2.24) is 5.43 Å². The Morgan fingerprint density at radius 1 is 0.963 bits per heavy atom. The van der Waals surface area contributed by atoms with Gasteiger partial charge in [-0.3, -0.25) is 4.79 Å². The monoisotopic (exact) mass is 380 g/mol. The third-order valence-corrected chi connectivity index (χ3v) is 3.31. The normalized spacial score (nSPS) is 12.1. The number of ether oxygens (including phenoxy) is 2. The number of nitrogens with zero attached hydrogens (tertiary/aromatic N) is 1. The highest BCUT2D eigenvalue weighted by molar-refractivity contribution is 5.84. The van der Waals surface area contributed by atoms with E-state index in [4.69, 9.17) is 9.47 Å². The molecule has 0 bridgehead atoms. The Bertz CT molecular complexity index is 796. The Labute approximate surface area is 154 Å². The number of carbonyl (C=O) groups is 1. The number of hydrogen-bond donors (Lipinski definition) is 1. The number of carbonyl (C=O) groups excluding carboxylic acids is 1. The molecule has 2 aromatic rings. The highest BCUT2D eigenvalue weighted by atomic mass is 19.4. The zero-order chi connectivity index (χ0) is 20.0. The van der Waals surface area contributed by atoms with Gasteiger partial charge in [0.15, 0.2) is 6.10 Å². The van der Waals surface area contributed by atoms with Gasteiger partial charge in [-0.15, -0.1) is 0 Å². The standard InChI is InChI=1S/C19H19F3N2O3/c1-12(2)23-24-18(25)13(3)26-15-8-10-17(11-9-15)27-16-6-4-14(5-7-16)19(20,21)22/h4-11,13H,1-3H3,(H,24,25). The van der Waals surface area contributed by atoms with Crippen molar-refractivity contribution in [3.05, 3.63) is 54.1 Å². The molecule has 0 aliphatic carbocycles. The minimum atomic E-state index is -4.39. The summed E-state index contributed by atoms with van der Waals surface area (Å²) in [5.41, 5.74) is 2.35. The molecule has 0 fully saturated rings. The largest absolute Gasteiger partial charge is 0.481 e. The van der Waals surface area contributed by atoms with E-state index in [-0.39, 0.29) is 11.7 Å². The lowest BCUT2D eigenvalue weighted by molar-refractivity contribution is -0.137. The summed E-state index contributed by atoms with van der Waals surface area (Å²) < 4.78 is 48.7. The molecule has 5 nitrogen and oxygen atoms in total. The summed E-state index contributed by atoms with van der Waals surface area (Å²) in [6, 6.07) is 10.8. The summed E-state index contributed by atoms with van der Waals surface area (Å²) in [7, 11) is 0. The summed E-state index contributed by atoms with van der Waals surface area (Å²) in [4.78, 5) is 11.8. The summed E-state index contributed by atoms with van der Waals surface area (Å²) in [6.45, 7) is 5.09. The molecule has 144 valence electrons. The molecular weight excluding hydrogens is 361 g/mol. The van der Waals surface area contributed by atoms with Gasteiger partial charge in [-0.1, -0.05) is 0 Å². The van der Waals surface area contributed by atoms with Crippen LogP contribution in [0.25, 0.3) is 0 Å². The van der Waals surface area contributed by atoms with Gasteiger partial charge in [0.05, 0.1) is 5.56 Å². The Morgan fingerprint density at radius 3 is 1.93 bits per heavy atom. The lowest BCUT2D eigenvalue weighted by Gasteiger charge is -2.14. The van der Waals surface area contributed by atoms with Crippen LogP contribution < -0.4 is 14.9 Å². The van der Waals surface area contributed by atoms with Crippen LogP contribution >= 0.6 is 0 Å². The Kier molecular flexibility index (Phi) is 6.44. The highest BCUT2D eigenvalue weighted by Crippen LogP contribution is 2.31. The number of hydrogen-bond acceptors (Lipinski definition) is 4. The van der Waals surface area contributed by atoms with Gasteiger partial charge in [0.1, 0.15) is 17.2 Å². The maximum Gasteiger partial charge on any atom is 0.416 e. The first-order valence-electron chi connectivity index (χ1n) is 8.08. The average molecular weight is 380 g/mol. The van der Waals surface area contributed by atoms with Crippen molar-refractivity contribution in [2.45, 2.75) is 33.1 Å². The predicted molar refractivity (Wildman–Crippen MR) is 95.0 cm³/mol. The molecule has 0 saturated carbocycles. The molecule has 1 atom stereocenters. The van der Waals surface area contributed by atoms with Crippen LogP contribution in [0.5, 0.6) is 17.2 Å². The molecule has 0 aliphatic rings. The van der Waals surface area contributed by atoms with Gasteiger partial charge >= 0.3 is 6.18 Å². The Morgan fingerprint density at radius 2 is 1.44 bits per heavy atom. The summed E-state index contributed by atoms with van der Waals surface area (Å²) in [6.07, 6.45) is -5.14. The van der Waals surface area contributed by atoms with E-state index in [1.807, 2.05) is 0 Å². The SMILES string of the molecule is CC(C)=NNC(=O)C(C)Oc1ccc(Oc2ccc(C(F)(F)F)cc2)cc1. The fourth-order valence-corrected chi connectivity index (χ4v) is 1.95. The number of hydrazone groups is 1. The fraction of sp³-hybridized carbons (Fsp3) is 0.263. The topological polar surface area (TPSA) is 59.9 Å². The lowest BCUT2D eigenvalue weighted by atomic mass is 10.2. The van der Waals surface area contributed by atoms with Crippen molar-refractivity contribution >= 4 is 11.6 Å². The van der Waals surface area contributed by atoms with Crippen molar-refractivity contribution in [1.29, 1.82) is 0 Å². The smallest absolute Gasteiger partial charge is 0.416 e. The molecule has 27 heavy (non-hydrogen) atoms. The predicted octanol–water partition coefficient (Wildman–Crippen LogP) is 4.78. The van der Waals surface area contributed by atoms with Crippen molar-refractivity contribution in [2.75, 3.05) is 0 Å². The van der Waals surface area contributed by atoms with E-state index in [2.05, 4.69) is 10.5 Å². The lowest BCUT2D eigenvalue weighted by Crippen LogP contribution is -2.33. The molecule has 2 aromatic carbocycles. The maximum atomic E-state index is 12.5. The summed E-state index contributed by atoms with van der Waals surface area (Å²) in [5.74, 6) is 0.749. The molecular formula is C19H19F3N2O3. The number of nitrogens with one attached hydrogen (secondary N) is 1. The number of alkyl halides is 3. The van der Waals surface area contributed by atoms with E-state index in [1.54, 1.807) is 45.0 Å². The number of rotatable bonds is 6. The minimum Gasteiger partial charge on any atom is -0.481 e. The van der Waals surface area contributed by atoms with Gasteiger partial charge in [-0.05, 0) is 69.3 Å². The van der Waals surface area contributed by atoms with Gasteiger partial charge < -0.3 is 9.47 Å². The van der Waals surface area contributed by atoms with Crippen LogP contribution in [0.2, 0.25) is 0 Å². The van der Waals surface area contributed by atoms with Gasteiger partial charge in [-0.25, -0.2) is 5.43 Å². The van der Waals surface area contributed by atoms with Crippen LogP contribution in [0.3, 0.4) is 0 Å². The van der Waals surface area contributed by atoms with Gasteiger partial charge in [0, 0.05) is 5.71 Å². The quantitative estimate of drug-likeness (QED) is 0.580. The van der Waals surface area contributed by atoms with Gasteiger partial charge in [0.25, 0.3) is 5.91 Å². The molecule has 1 amide bonds. The number of halogens is 3. The van der Waals surface area contributed by atoms with Crippen LogP contribution in [-0.4, -0.2) is 17.7 Å². The summed E-state index contributed by atoms with van der Waals surface area (Å²) >= 11 is 0. The van der Waals surface area contributed by atoms with E-state index in [9.17, 15) is 18.0 Å². The van der Waals surface area contributed by atoms with Gasteiger partial charge in [-0.2, -0.15) is 18.3 Å². The highest BCUT2D eigenvalue weighted by Gasteiger charge is 2.30. The second-order valence-electron chi connectivity index (χ2n) is 5.89. The van der Waals surface area contributed by atoms with E-state index < -0.39 is 17.8 Å². The molecule has 0 saturated heterocycles. The van der Waals surface area contributed by atoms with Gasteiger partial charge in [0.2, 0.25) is 0 Å². The Balaban J connectivity index is 1.95. The van der Waals surface area contributed by atoms with E-state index in [0.717, 1.165) is 12.1 Å². The zero-order valence-electron chi connectivity index (χ0n) is 15.0. The molecule has 1 unspecified atom stereocenters. The average Bonchev–Trinajstić information content (AvgIpc) is 2.61.